The maximum atomic E-state index is 11.5. The molecule has 0 aliphatic carbocycles. The maximum absolute atomic E-state index is 11.5. The number of fused-ring (bicyclic) bond motifs is 2. The molecule has 0 fully saturated rings. The Labute approximate surface area is 147 Å². The quantitative estimate of drug-likeness (QED) is 0.644. The zero-order chi connectivity index (χ0) is 17.5. The van der Waals surface area contributed by atoms with E-state index in [-0.39, 0.29) is 11.8 Å². The SMILES string of the molecule is Cc1ccc2c(c1)C(C)(C)c1cc(Cl)ccc1N2CCC(=O)NO. The number of nitrogens with zero attached hydrogens (tertiary/aromatic N) is 1. The first kappa shape index (κ1) is 16.8. The third-order valence-corrected chi connectivity index (χ3v) is 4.96. The van der Waals surface area contributed by atoms with Crippen LogP contribution in [0.2, 0.25) is 5.02 Å². The van der Waals surface area contributed by atoms with Crippen LogP contribution >= 0.6 is 11.6 Å². The Morgan fingerprint density at radius 3 is 2.46 bits per heavy atom. The minimum atomic E-state index is -0.399. The van der Waals surface area contributed by atoms with Crippen molar-refractivity contribution in [1.82, 2.24) is 5.48 Å². The van der Waals surface area contributed by atoms with E-state index < -0.39 is 5.91 Å². The summed E-state index contributed by atoms with van der Waals surface area (Å²) in [5.41, 5.74) is 7.19. The molecule has 0 aromatic heterocycles. The average Bonchev–Trinajstić information content (AvgIpc) is 2.55. The largest absolute Gasteiger partial charge is 0.340 e. The number of carbonyl (C=O) groups excluding carboxylic acids is 1. The molecule has 0 spiro atoms. The summed E-state index contributed by atoms with van der Waals surface area (Å²) in [4.78, 5) is 13.6. The molecule has 1 heterocycles. The van der Waals surface area contributed by atoms with E-state index in [1.165, 1.54) is 11.1 Å². The van der Waals surface area contributed by atoms with Crippen molar-refractivity contribution in [2.75, 3.05) is 11.4 Å². The molecule has 0 unspecified atom stereocenters. The Bertz CT molecular complexity index is 746. The number of anilines is 2. The van der Waals surface area contributed by atoms with Gasteiger partial charge in [0.15, 0.2) is 0 Å². The van der Waals surface area contributed by atoms with E-state index in [1.807, 2.05) is 18.2 Å². The molecule has 3 rings (SSSR count). The molecule has 1 aliphatic heterocycles. The van der Waals surface area contributed by atoms with Crippen LogP contribution in [0.1, 0.15) is 37.0 Å². The predicted molar refractivity (Wildman–Crippen MR) is 96.3 cm³/mol. The molecule has 0 bridgehead atoms. The molecule has 1 amide bonds. The van der Waals surface area contributed by atoms with Crippen LogP contribution in [-0.2, 0) is 10.2 Å². The van der Waals surface area contributed by atoms with Crippen molar-refractivity contribution in [3.63, 3.8) is 0 Å². The predicted octanol–water partition coefficient (Wildman–Crippen LogP) is 4.32. The number of aryl methyl sites for hydroxylation is 1. The molecule has 126 valence electrons. The van der Waals surface area contributed by atoms with E-state index in [1.54, 1.807) is 5.48 Å². The van der Waals surface area contributed by atoms with Crippen molar-refractivity contribution in [3.05, 3.63) is 58.1 Å². The van der Waals surface area contributed by atoms with Crippen molar-refractivity contribution in [3.8, 4) is 0 Å². The van der Waals surface area contributed by atoms with E-state index >= 15 is 0 Å². The zero-order valence-corrected chi connectivity index (χ0v) is 14.8. The Morgan fingerprint density at radius 2 is 1.79 bits per heavy atom. The molecule has 5 heteroatoms. The number of hydroxylamine groups is 1. The number of benzene rings is 2. The van der Waals surface area contributed by atoms with Crippen molar-refractivity contribution in [2.45, 2.75) is 32.6 Å². The van der Waals surface area contributed by atoms with Crippen molar-refractivity contribution >= 4 is 28.9 Å². The number of amides is 1. The molecule has 2 aromatic rings. The van der Waals surface area contributed by atoms with Gasteiger partial charge in [-0.25, -0.2) is 5.48 Å². The fourth-order valence-corrected chi connectivity index (χ4v) is 3.59. The fraction of sp³-hybridized carbons (Fsp3) is 0.316. The van der Waals surface area contributed by atoms with Gasteiger partial charge in [0.25, 0.3) is 0 Å². The minimum absolute atomic E-state index is 0.183. The number of hydrogen-bond donors (Lipinski definition) is 2. The highest BCUT2D eigenvalue weighted by atomic mass is 35.5. The average molecular weight is 345 g/mol. The smallest absolute Gasteiger partial charge is 0.245 e. The highest BCUT2D eigenvalue weighted by Crippen LogP contribution is 2.49. The van der Waals surface area contributed by atoms with Crippen molar-refractivity contribution < 1.29 is 10.0 Å². The summed E-state index contributed by atoms with van der Waals surface area (Å²) >= 11 is 6.24. The number of nitrogens with one attached hydrogen (secondary N) is 1. The van der Waals surface area contributed by atoms with Crippen LogP contribution in [0.15, 0.2) is 36.4 Å². The van der Waals surface area contributed by atoms with Crippen LogP contribution in [-0.4, -0.2) is 17.7 Å². The summed E-state index contributed by atoms with van der Waals surface area (Å²) in [5, 5.41) is 9.48. The standard InChI is InChI=1S/C19H21ClN2O2/c1-12-4-6-16-14(10-12)19(2,3)15-11-13(20)5-7-17(15)22(16)9-8-18(23)21-24/h4-7,10-11,24H,8-9H2,1-3H3,(H,21,23). The zero-order valence-electron chi connectivity index (χ0n) is 14.1. The van der Waals surface area contributed by atoms with Gasteiger partial charge < -0.3 is 4.90 Å². The van der Waals surface area contributed by atoms with E-state index in [4.69, 9.17) is 16.8 Å². The Kier molecular flexibility index (Phi) is 4.28. The summed E-state index contributed by atoms with van der Waals surface area (Å²) in [7, 11) is 0. The molecule has 1 aliphatic rings. The van der Waals surface area contributed by atoms with Gasteiger partial charge in [0.05, 0.1) is 0 Å². The third kappa shape index (κ3) is 2.76. The summed E-state index contributed by atoms with van der Waals surface area (Å²) < 4.78 is 0. The lowest BCUT2D eigenvalue weighted by atomic mass is 9.73. The van der Waals surface area contributed by atoms with Gasteiger partial charge in [-0.2, -0.15) is 0 Å². The second kappa shape index (κ2) is 6.11. The molecule has 2 aromatic carbocycles. The fourth-order valence-electron chi connectivity index (χ4n) is 3.42. The molecular weight excluding hydrogens is 324 g/mol. The molecule has 0 atom stereocenters. The summed E-state index contributed by atoms with van der Waals surface area (Å²) in [6.07, 6.45) is 0.201. The van der Waals surface area contributed by atoms with Gasteiger partial charge in [0.1, 0.15) is 0 Å². The number of hydrogen-bond acceptors (Lipinski definition) is 3. The lowest BCUT2D eigenvalue weighted by Gasteiger charge is -2.42. The van der Waals surface area contributed by atoms with Crippen molar-refractivity contribution in [2.24, 2.45) is 0 Å². The van der Waals surface area contributed by atoms with Gasteiger partial charge in [0.2, 0.25) is 5.91 Å². The normalized spacial score (nSPS) is 14.8. The number of halogens is 1. The van der Waals surface area contributed by atoms with Gasteiger partial charge in [-0.05, 0) is 42.3 Å². The first-order chi connectivity index (χ1) is 11.3. The monoisotopic (exact) mass is 344 g/mol. The molecule has 24 heavy (non-hydrogen) atoms. The van der Waals surface area contributed by atoms with E-state index in [0.29, 0.717) is 11.6 Å². The van der Waals surface area contributed by atoms with Crippen LogP contribution in [0.25, 0.3) is 0 Å². The Hall–Kier alpha value is -2.04. The molecule has 0 radical (unpaired) electrons. The van der Waals surface area contributed by atoms with E-state index in [2.05, 4.69) is 43.9 Å². The molecular formula is C19H21ClN2O2. The molecule has 2 N–H and O–H groups in total. The van der Waals surface area contributed by atoms with E-state index in [0.717, 1.165) is 16.9 Å². The highest BCUT2D eigenvalue weighted by molar-refractivity contribution is 6.30. The molecule has 0 saturated carbocycles. The van der Waals surface area contributed by atoms with Crippen LogP contribution in [0.4, 0.5) is 11.4 Å². The van der Waals surface area contributed by atoms with Gasteiger partial charge in [0, 0.05) is 34.8 Å². The first-order valence-corrected chi connectivity index (χ1v) is 8.34. The van der Waals surface area contributed by atoms with Gasteiger partial charge in [-0.15, -0.1) is 0 Å². The van der Waals surface area contributed by atoms with Gasteiger partial charge in [-0.3, -0.25) is 10.0 Å². The Balaban J connectivity index is 2.15. The summed E-state index contributed by atoms with van der Waals surface area (Å²) in [5.74, 6) is -0.399. The maximum Gasteiger partial charge on any atom is 0.245 e. The Morgan fingerprint density at radius 1 is 1.17 bits per heavy atom. The molecule has 0 saturated heterocycles. The first-order valence-electron chi connectivity index (χ1n) is 7.96. The topological polar surface area (TPSA) is 52.6 Å². The summed E-state index contributed by atoms with van der Waals surface area (Å²) in [6.45, 7) is 6.94. The number of rotatable bonds is 3. The minimum Gasteiger partial charge on any atom is -0.340 e. The van der Waals surface area contributed by atoms with Crippen LogP contribution in [0.3, 0.4) is 0 Å². The lowest BCUT2D eigenvalue weighted by molar-refractivity contribution is -0.128. The van der Waals surface area contributed by atoms with Crippen molar-refractivity contribution in [1.29, 1.82) is 0 Å². The van der Waals surface area contributed by atoms with Crippen LogP contribution < -0.4 is 10.4 Å². The molecule has 4 nitrogen and oxygen atoms in total. The van der Waals surface area contributed by atoms with Crippen LogP contribution in [0, 0.1) is 6.92 Å². The number of carbonyl (C=O) groups is 1. The van der Waals surface area contributed by atoms with E-state index in [9.17, 15) is 4.79 Å². The lowest BCUT2D eigenvalue weighted by Crippen LogP contribution is -2.35. The second-order valence-electron chi connectivity index (χ2n) is 6.74. The summed E-state index contributed by atoms with van der Waals surface area (Å²) in [6, 6.07) is 12.2. The van der Waals surface area contributed by atoms with Gasteiger partial charge in [-0.1, -0.05) is 43.1 Å². The van der Waals surface area contributed by atoms with Gasteiger partial charge >= 0.3 is 0 Å². The van der Waals surface area contributed by atoms with Crippen LogP contribution in [0.5, 0.6) is 0 Å². The highest BCUT2D eigenvalue weighted by Gasteiger charge is 2.36. The second-order valence-corrected chi connectivity index (χ2v) is 7.18. The third-order valence-electron chi connectivity index (χ3n) is 4.73.